The highest BCUT2D eigenvalue weighted by Gasteiger charge is 2.19. The Morgan fingerprint density at radius 3 is 1.12 bits per heavy atom. The number of hydrogen-bond donors (Lipinski definition) is 1. The zero-order valence-corrected chi connectivity index (χ0v) is 78.9. The van der Waals surface area contributed by atoms with Crippen LogP contribution in [0.2, 0.25) is 0 Å². The average molecular weight is 1830 g/mol. The highest BCUT2D eigenvalue weighted by Crippen LogP contribution is 2.34. The van der Waals surface area contributed by atoms with Crippen molar-refractivity contribution in [1.82, 2.24) is 4.57 Å². The molecule has 0 radical (unpaired) electrons. The molecule has 1 heterocycles. The molecule has 23 heteroatoms. The van der Waals surface area contributed by atoms with Gasteiger partial charge in [-0.3, -0.25) is 4.79 Å². The predicted octanol–water partition coefficient (Wildman–Crippen LogP) is 26.1. The van der Waals surface area contributed by atoms with Gasteiger partial charge in [-0.1, -0.05) is 266 Å². The number of unbranched alkanes of at least 4 members (excludes halogenated alkanes) is 6. The number of benzene rings is 12. The Morgan fingerprint density at radius 1 is 0.341 bits per heavy atom. The second-order valence-corrected chi connectivity index (χ2v) is 33.7. The molecule has 1 aromatic heterocycles. The Bertz CT molecular complexity index is 5960. The summed E-state index contributed by atoms with van der Waals surface area (Å²) in [6.45, 7) is 20.6. The third-order valence-corrected chi connectivity index (χ3v) is 23.0. The Labute approximate surface area is 786 Å². The van der Waals surface area contributed by atoms with Crippen LogP contribution in [0.5, 0.6) is 5.75 Å². The van der Waals surface area contributed by atoms with Crippen LogP contribution in [0.1, 0.15) is 207 Å². The molecule has 0 spiro atoms. The molecule has 132 heavy (non-hydrogen) atoms. The predicted molar refractivity (Wildman–Crippen MR) is 533 cm³/mol. The van der Waals surface area contributed by atoms with Gasteiger partial charge in [0.1, 0.15) is 12.4 Å². The van der Waals surface area contributed by atoms with Crippen LogP contribution in [0.25, 0.3) is 21.8 Å². The molecule has 0 saturated heterocycles. The van der Waals surface area contributed by atoms with E-state index >= 15 is 0 Å². The summed E-state index contributed by atoms with van der Waals surface area (Å²) in [5, 5.41) is 30.6. The molecule has 0 aliphatic heterocycles. The third kappa shape index (κ3) is 34.5. The number of fused-ring (bicyclic) bond motifs is 3. The summed E-state index contributed by atoms with van der Waals surface area (Å²) < 4.78 is 12.8. The van der Waals surface area contributed by atoms with Crippen LogP contribution < -0.4 is 4.74 Å². The van der Waals surface area contributed by atoms with E-state index < -0.39 is 29.8 Å². The summed E-state index contributed by atoms with van der Waals surface area (Å²) in [6.07, 6.45) is 10.7. The van der Waals surface area contributed by atoms with E-state index in [0.717, 1.165) is 127 Å². The lowest BCUT2D eigenvalue weighted by Gasteiger charge is -2.08. The van der Waals surface area contributed by atoms with Crippen molar-refractivity contribution < 1.29 is 67.5 Å². The minimum atomic E-state index is -0.502. The lowest BCUT2D eigenvalue weighted by Crippen LogP contribution is -2.09. The van der Waals surface area contributed by atoms with Crippen molar-refractivity contribution >= 4 is 121 Å². The molecule has 0 fully saturated rings. The first-order valence-electron chi connectivity index (χ1n) is 44.2. The first-order chi connectivity index (χ1) is 64.3. The van der Waals surface area contributed by atoms with Crippen molar-refractivity contribution in [2.45, 2.75) is 164 Å². The summed E-state index contributed by atoms with van der Waals surface area (Å²) in [5.41, 5.74) is 14.1. The van der Waals surface area contributed by atoms with Gasteiger partial charge in [-0.25, -0.2) is 24.0 Å². The van der Waals surface area contributed by atoms with Crippen molar-refractivity contribution in [3.05, 3.63) is 371 Å². The Kier molecular flexibility index (Phi) is 44.1. The molecule has 0 unspecified atom stereocenters. The largest absolute Gasteiger partial charge is 0.491 e. The van der Waals surface area contributed by atoms with Gasteiger partial charge in [-0.2, -0.15) is 0 Å². The standard InChI is InChI=1S/C31H26N2O3.C26H27NO2S.C22H27NO2S.C16H15NO2S.C14H19NO5/c1-4-33-28-16-14-23(21(3)32-36-31(35)22-11-6-5-7-12-22)18-26(28)27-19-24(15-17-29(27)33)30(34)25-13-9-8-10-20(25)2;1-2-3-4-11-16-25(27-29-26(28)22-12-7-5-8-13-22)21-17-19-24(20-18-21)30-23-14-9-6-10-15-23;1-3-5-6-10-13-21(18-14-16-20(17-15-18)26-4-2)23-25-22(24)19-11-8-7-9-12-19;1-12(17-19-13(2)18)14-8-10-16(11-9-14)20-15-6-4-3-5-7-15;1-11(15-20-12(2)17)13-3-5-14(6-4-13)19-10-9-18-8-7-16/h5-19H,4H2,1-3H3;5-10,12-15,17-20H,2-4,11,16H2,1H3;7-9,11-12,14-17H,3-6,10,13H2,1-2H3;3-11H,1-2H3;3-6,16H,7-10H2,1-2H3/b32-21+;27-25+;23-21+;17-12+;15-11+. The smallest absolute Gasteiger partial charge is 0.365 e. The van der Waals surface area contributed by atoms with Crippen LogP contribution in [0.3, 0.4) is 0 Å². The highest BCUT2D eigenvalue weighted by atomic mass is 32.2. The number of oxime groups is 5. The summed E-state index contributed by atoms with van der Waals surface area (Å²) in [5.74, 6) is -0.458. The van der Waals surface area contributed by atoms with Crippen LogP contribution in [0, 0.1) is 6.92 Å². The first-order valence-corrected chi connectivity index (χ1v) is 46.8. The number of ether oxygens (including phenoxy) is 2. The Balaban J connectivity index is 0.000000189. The van der Waals surface area contributed by atoms with E-state index in [4.69, 9.17) is 29.1 Å². The number of ketones is 1. The minimum Gasteiger partial charge on any atom is -0.491 e. The molecular formula is C109H114N6O14S3. The summed E-state index contributed by atoms with van der Waals surface area (Å²) in [6, 6.07) is 98.7. The molecule has 13 aromatic rings. The van der Waals surface area contributed by atoms with E-state index in [1.807, 2.05) is 202 Å². The van der Waals surface area contributed by atoms with Gasteiger partial charge in [0.25, 0.3) is 0 Å². The van der Waals surface area contributed by atoms with E-state index in [0.29, 0.717) is 70.5 Å². The minimum absolute atomic E-state index is 0.00844. The summed E-state index contributed by atoms with van der Waals surface area (Å²) in [4.78, 5) is 102. The number of rotatable bonds is 38. The fourth-order valence-electron chi connectivity index (χ4n) is 13.1. The number of aromatic nitrogens is 1. The maximum atomic E-state index is 13.3. The van der Waals surface area contributed by atoms with E-state index in [1.54, 1.807) is 91.1 Å². The van der Waals surface area contributed by atoms with E-state index in [-0.39, 0.29) is 12.4 Å². The van der Waals surface area contributed by atoms with Crippen LogP contribution in [-0.2, 0) is 45.1 Å². The lowest BCUT2D eigenvalue weighted by molar-refractivity contribution is -0.141. The summed E-state index contributed by atoms with van der Waals surface area (Å²) >= 11 is 5.23. The zero-order chi connectivity index (χ0) is 94.0. The van der Waals surface area contributed by atoms with Crippen LogP contribution >= 0.6 is 35.3 Å². The molecule has 12 aromatic carbocycles. The number of hydrogen-bond acceptors (Lipinski definition) is 22. The second kappa shape index (κ2) is 56.9. The zero-order valence-electron chi connectivity index (χ0n) is 76.4. The van der Waals surface area contributed by atoms with Gasteiger partial charge in [0.15, 0.2) is 5.78 Å². The maximum Gasteiger partial charge on any atom is 0.365 e. The fourth-order valence-corrected chi connectivity index (χ4v) is 15.5. The van der Waals surface area contributed by atoms with Crippen LogP contribution in [-0.4, -0.2) is 106 Å². The van der Waals surface area contributed by atoms with Crippen molar-refractivity contribution in [1.29, 1.82) is 0 Å². The molecule has 0 saturated carbocycles. The van der Waals surface area contributed by atoms with Gasteiger partial charge in [0, 0.05) is 77.8 Å². The van der Waals surface area contributed by atoms with Gasteiger partial charge in [-0.05, 0) is 251 Å². The van der Waals surface area contributed by atoms with Gasteiger partial charge >= 0.3 is 29.8 Å². The topological polar surface area (TPSA) is 254 Å². The normalized spacial score (nSPS) is 11.4. The number of aryl methyl sites for hydroxylation is 2. The van der Waals surface area contributed by atoms with E-state index in [2.05, 4.69) is 147 Å². The Hall–Kier alpha value is -13.4. The van der Waals surface area contributed by atoms with Gasteiger partial charge in [0.05, 0.1) is 65.1 Å². The van der Waals surface area contributed by atoms with Gasteiger partial charge < -0.3 is 43.3 Å². The molecule has 0 amide bonds. The number of nitrogens with zero attached hydrogens (tertiary/aromatic N) is 6. The molecular weight excluding hydrogens is 1710 g/mol. The number of carbonyl (C=O) groups is 6. The maximum absolute atomic E-state index is 13.3. The number of aliphatic hydroxyl groups is 1. The van der Waals surface area contributed by atoms with Crippen molar-refractivity contribution in [3.8, 4) is 5.75 Å². The molecule has 1 N–H and O–H groups in total. The Morgan fingerprint density at radius 2 is 0.705 bits per heavy atom. The number of carbonyl (C=O) groups excluding carboxylic acids is 6. The molecule has 13 rings (SSSR count). The lowest BCUT2D eigenvalue weighted by atomic mass is 9.97. The quantitative estimate of drug-likeness (QED) is 0.00942. The average Bonchev–Trinajstić information content (AvgIpc) is 1.60. The highest BCUT2D eigenvalue weighted by molar-refractivity contribution is 7.99. The molecule has 0 aliphatic carbocycles. The fraction of sp³-hybridized carbons (Fsp3) is 0.239. The van der Waals surface area contributed by atoms with Crippen LogP contribution in [0.15, 0.2) is 360 Å². The number of aliphatic hydroxyl groups excluding tert-OH is 1. The second-order valence-electron chi connectivity index (χ2n) is 30.0. The molecule has 20 nitrogen and oxygen atoms in total. The first kappa shape index (κ1) is 102. The SMILES string of the molecule is CC(=O)O/N=C(\C)c1ccc(OCCOCCO)cc1.CC(=O)O/N=C(\C)c1ccc(Sc2ccccc2)cc1.CCCCCC/C(=N\OC(=O)c1ccccc1)c1ccc(SCC)cc1.CCCCCC/C(=N\OC(=O)c1ccccc1)c1ccc(Sc2ccccc2)cc1.CCn1c2ccc(C(=O)c3ccccc3C)cc2c2cc(/C(C)=N/OC(=O)c3ccccc3)ccc21. The monoisotopic (exact) mass is 1830 g/mol. The van der Waals surface area contributed by atoms with Crippen molar-refractivity contribution in [2.24, 2.45) is 25.8 Å². The third-order valence-electron chi connectivity index (χ3n) is 20.1. The van der Waals surface area contributed by atoms with E-state index in [1.165, 1.54) is 54.2 Å². The van der Waals surface area contributed by atoms with Gasteiger partial charge in [-0.15, -0.1) is 11.8 Å². The van der Waals surface area contributed by atoms with Crippen molar-refractivity contribution in [3.63, 3.8) is 0 Å². The molecule has 0 bridgehead atoms. The molecule has 682 valence electrons. The summed E-state index contributed by atoms with van der Waals surface area (Å²) in [7, 11) is 0. The van der Waals surface area contributed by atoms with Gasteiger partial charge in [0.2, 0.25) is 0 Å². The molecule has 0 aliphatic rings. The van der Waals surface area contributed by atoms with Crippen molar-refractivity contribution in [2.75, 3.05) is 32.2 Å². The molecule has 0 atom stereocenters. The number of thioether (sulfide) groups is 1. The van der Waals surface area contributed by atoms with E-state index in [9.17, 15) is 28.8 Å². The van der Waals surface area contributed by atoms with Crippen LogP contribution in [0.4, 0.5) is 0 Å².